The average molecular weight is 173 g/mol. The van der Waals surface area contributed by atoms with E-state index < -0.39 is 0 Å². The van der Waals surface area contributed by atoms with Gasteiger partial charge in [0, 0.05) is 18.9 Å². The summed E-state index contributed by atoms with van der Waals surface area (Å²) in [5, 5.41) is 4.16. The van der Waals surface area contributed by atoms with E-state index in [0.29, 0.717) is 6.54 Å². The maximum Gasteiger partial charge on any atom is 0.0690 e. The smallest absolute Gasteiger partial charge is 0.0690 e. The predicted octanol–water partition coefficient (Wildman–Crippen LogP) is 1.33. The SMILES string of the molecule is NCc1ccccc1-n1cccn1. The first-order chi connectivity index (χ1) is 6.42. The summed E-state index contributed by atoms with van der Waals surface area (Å²) >= 11 is 0. The van der Waals surface area contributed by atoms with Gasteiger partial charge in [0.2, 0.25) is 0 Å². The standard InChI is InChI=1S/C10H11N3/c11-8-9-4-1-2-5-10(9)13-7-3-6-12-13/h1-7H,8,11H2. The van der Waals surface area contributed by atoms with Crippen LogP contribution in [-0.2, 0) is 6.54 Å². The van der Waals surface area contributed by atoms with Gasteiger partial charge in [-0.3, -0.25) is 0 Å². The van der Waals surface area contributed by atoms with Crippen molar-refractivity contribution in [2.24, 2.45) is 5.73 Å². The molecule has 1 heterocycles. The second-order valence-electron chi connectivity index (χ2n) is 2.78. The van der Waals surface area contributed by atoms with Crippen LogP contribution in [0.4, 0.5) is 0 Å². The molecule has 0 atom stereocenters. The van der Waals surface area contributed by atoms with E-state index in [1.807, 2.05) is 41.2 Å². The van der Waals surface area contributed by atoms with Crippen LogP contribution in [0.2, 0.25) is 0 Å². The molecule has 0 unspecified atom stereocenters. The highest BCUT2D eigenvalue weighted by atomic mass is 15.3. The minimum atomic E-state index is 0.538. The molecule has 0 spiro atoms. The number of nitrogens with zero attached hydrogens (tertiary/aromatic N) is 2. The summed E-state index contributed by atoms with van der Waals surface area (Å²) in [5.74, 6) is 0. The quantitative estimate of drug-likeness (QED) is 0.744. The van der Waals surface area contributed by atoms with Gasteiger partial charge in [0.25, 0.3) is 0 Å². The highest BCUT2D eigenvalue weighted by molar-refractivity contribution is 5.39. The van der Waals surface area contributed by atoms with Gasteiger partial charge in [-0.25, -0.2) is 4.68 Å². The molecule has 3 nitrogen and oxygen atoms in total. The lowest BCUT2D eigenvalue weighted by Gasteiger charge is -2.06. The molecule has 3 heteroatoms. The third-order valence-corrected chi connectivity index (χ3v) is 1.96. The number of hydrogen-bond acceptors (Lipinski definition) is 2. The maximum atomic E-state index is 5.62. The lowest BCUT2D eigenvalue weighted by atomic mass is 10.2. The van der Waals surface area contributed by atoms with Crippen molar-refractivity contribution in [2.45, 2.75) is 6.54 Å². The Balaban J connectivity index is 2.51. The summed E-state index contributed by atoms with van der Waals surface area (Å²) in [6.45, 7) is 0.538. The Morgan fingerprint density at radius 1 is 1.23 bits per heavy atom. The Hall–Kier alpha value is -1.61. The lowest BCUT2D eigenvalue weighted by molar-refractivity contribution is 0.858. The zero-order valence-electron chi connectivity index (χ0n) is 7.22. The minimum Gasteiger partial charge on any atom is -0.326 e. The summed E-state index contributed by atoms with van der Waals surface area (Å²) in [6, 6.07) is 9.88. The second kappa shape index (κ2) is 3.41. The average Bonchev–Trinajstić information content (AvgIpc) is 2.70. The van der Waals surface area contributed by atoms with E-state index in [9.17, 15) is 0 Å². The van der Waals surface area contributed by atoms with E-state index in [2.05, 4.69) is 5.10 Å². The molecule has 2 N–H and O–H groups in total. The molecule has 0 amide bonds. The first-order valence-corrected chi connectivity index (χ1v) is 4.20. The number of benzene rings is 1. The number of rotatable bonds is 2. The van der Waals surface area contributed by atoms with Gasteiger partial charge >= 0.3 is 0 Å². The summed E-state index contributed by atoms with van der Waals surface area (Å²) in [7, 11) is 0. The number of hydrogen-bond donors (Lipinski definition) is 1. The molecule has 0 aliphatic carbocycles. The fourth-order valence-corrected chi connectivity index (χ4v) is 1.32. The molecule has 0 saturated heterocycles. The van der Waals surface area contributed by atoms with Crippen LogP contribution in [0.15, 0.2) is 42.7 Å². The summed E-state index contributed by atoms with van der Waals surface area (Å²) < 4.78 is 1.82. The molecule has 66 valence electrons. The third-order valence-electron chi connectivity index (χ3n) is 1.96. The van der Waals surface area contributed by atoms with Crippen LogP contribution in [-0.4, -0.2) is 9.78 Å². The van der Waals surface area contributed by atoms with Crippen LogP contribution in [0.25, 0.3) is 5.69 Å². The van der Waals surface area contributed by atoms with Gasteiger partial charge in [0.05, 0.1) is 5.69 Å². The molecule has 1 aromatic heterocycles. The summed E-state index contributed by atoms with van der Waals surface area (Å²) in [4.78, 5) is 0. The van der Waals surface area contributed by atoms with Crippen LogP contribution < -0.4 is 5.73 Å². The van der Waals surface area contributed by atoms with Crippen LogP contribution in [0, 0.1) is 0 Å². The fourth-order valence-electron chi connectivity index (χ4n) is 1.32. The number of nitrogens with two attached hydrogens (primary N) is 1. The van der Waals surface area contributed by atoms with Crippen molar-refractivity contribution in [3.63, 3.8) is 0 Å². The normalized spacial score (nSPS) is 10.2. The van der Waals surface area contributed by atoms with E-state index in [4.69, 9.17) is 5.73 Å². The monoisotopic (exact) mass is 173 g/mol. The molecule has 2 aromatic rings. The fraction of sp³-hybridized carbons (Fsp3) is 0.100. The van der Waals surface area contributed by atoms with Crippen molar-refractivity contribution >= 4 is 0 Å². The highest BCUT2D eigenvalue weighted by Gasteiger charge is 2.00. The first kappa shape index (κ1) is 8.01. The molecule has 0 aliphatic rings. The predicted molar refractivity (Wildman–Crippen MR) is 51.5 cm³/mol. The second-order valence-corrected chi connectivity index (χ2v) is 2.78. The van der Waals surface area contributed by atoms with Crippen LogP contribution in [0.1, 0.15) is 5.56 Å². The first-order valence-electron chi connectivity index (χ1n) is 4.20. The van der Waals surface area contributed by atoms with Crippen molar-refractivity contribution in [3.05, 3.63) is 48.3 Å². The summed E-state index contributed by atoms with van der Waals surface area (Å²) in [5.41, 5.74) is 7.77. The Labute approximate surface area is 76.8 Å². The molecule has 13 heavy (non-hydrogen) atoms. The minimum absolute atomic E-state index is 0.538. The van der Waals surface area contributed by atoms with Gasteiger partial charge in [-0.15, -0.1) is 0 Å². The zero-order valence-corrected chi connectivity index (χ0v) is 7.22. The van der Waals surface area contributed by atoms with Gasteiger partial charge in [0.15, 0.2) is 0 Å². The van der Waals surface area contributed by atoms with Gasteiger partial charge in [0.1, 0.15) is 0 Å². The van der Waals surface area contributed by atoms with E-state index in [0.717, 1.165) is 11.3 Å². The Morgan fingerprint density at radius 3 is 2.77 bits per heavy atom. The third kappa shape index (κ3) is 1.46. The molecule has 1 aromatic carbocycles. The van der Waals surface area contributed by atoms with Crippen LogP contribution in [0.5, 0.6) is 0 Å². The van der Waals surface area contributed by atoms with Crippen molar-refractivity contribution in [2.75, 3.05) is 0 Å². The molecule has 0 saturated carbocycles. The van der Waals surface area contributed by atoms with Gasteiger partial charge < -0.3 is 5.73 Å². The molecule has 0 fully saturated rings. The molecule has 0 bridgehead atoms. The maximum absolute atomic E-state index is 5.62. The molecular weight excluding hydrogens is 162 g/mol. The van der Waals surface area contributed by atoms with E-state index in [-0.39, 0.29) is 0 Å². The molecule has 2 rings (SSSR count). The van der Waals surface area contributed by atoms with Crippen molar-refractivity contribution < 1.29 is 0 Å². The lowest BCUT2D eigenvalue weighted by Crippen LogP contribution is -2.04. The van der Waals surface area contributed by atoms with E-state index in [1.54, 1.807) is 6.20 Å². The summed E-state index contributed by atoms with van der Waals surface area (Å²) in [6.07, 6.45) is 3.67. The zero-order chi connectivity index (χ0) is 9.10. The van der Waals surface area contributed by atoms with Gasteiger partial charge in [-0.1, -0.05) is 18.2 Å². The highest BCUT2D eigenvalue weighted by Crippen LogP contribution is 2.11. The topological polar surface area (TPSA) is 43.8 Å². The van der Waals surface area contributed by atoms with Crippen molar-refractivity contribution in [1.82, 2.24) is 9.78 Å². The number of aromatic nitrogens is 2. The van der Waals surface area contributed by atoms with Crippen LogP contribution in [0.3, 0.4) is 0 Å². The number of para-hydroxylation sites is 1. The molecule has 0 aliphatic heterocycles. The van der Waals surface area contributed by atoms with Gasteiger partial charge in [-0.2, -0.15) is 5.10 Å². The van der Waals surface area contributed by atoms with Gasteiger partial charge in [-0.05, 0) is 17.7 Å². The molecular formula is C10H11N3. The van der Waals surface area contributed by atoms with Crippen LogP contribution >= 0.6 is 0 Å². The Kier molecular flexibility index (Phi) is 2.10. The van der Waals surface area contributed by atoms with E-state index >= 15 is 0 Å². The van der Waals surface area contributed by atoms with Crippen molar-refractivity contribution in [3.8, 4) is 5.69 Å². The Morgan fingerprint density at radius 2 is 2.08 bits per heavy atom. The molecule has 0 radical (unpaired) electrons. The largest absolute Gasteiger partial charge is 0.326 e. The van der Waals surface area contributed by atoms with E-state index in [1.165, 1.54) is 0 Å². The Bertz CT molecular complexity index is 379. The van der Waals surface area contributed by atoms with Crippen molar-refractivity contribution in [1.29, 1.82) is 0 Å².